The van der Waals surface area contributed by atoms with Gasteiger partial charge in [-0.2, -0.15) is 0 Å². The van der Waals surface area contributed by atoms with E-state index in [1.807, 2.05) is 13.8 Å². The molecule has 0 aromatic rings. The summed E-state index contributed by atoms with van der Waals surface area (Å²) >= 11 is 0. The van der Waals surface area contributed by atoms with Crippen molar-refractivity contribution in [3.8, 4) is 0 Å². The highest BCUT2D eigenvalue weighted by Gasteiger charge is 2.19. The third-order valence-corrected chi connectivity index (χ3v) is 1.67. The highest BCUT2D eigenvalue weighted by molar-refractivity contribution is 6.38. The van der Waals surface area contributed by atoms with E-state index in [0.717, 1.165) is 0 Å². The number of hydrogen-bond donors (Lipinski definition) is 2. The number of hydrogen-bond acceptors (Lipinski definition) is 3. The van der Waals surface area contributed by atoms with E-state index in [0.29, 0.717) is 18.9 Å². The number of carbonyl (C=O) groups is 2. The Bertz CT molecular complexity index is 190. The molecule has 3 N–H and O–H groups in total. The number of Topliss-reactive ketones (excluding diaryl/α,β-unsaturated/α-hetero) is 1. The summed E-state index contributed by atoms with van der Waals surface area (Å²) in [6.07, 6.45) is 0.494. The fourth-order valence-corrected chi connectivity index (χ4v) is 0.738. The number of ketones is 1. The van der Waals surface area contributed by atoms with Crippen molar-refractivity contribution in [1.29, 1.82) is 0 Å². The first-order valence-corrected chi connectivity index (χ1v) is 4.56. The Balaban J connectivity index is 3.90. The van der Waals surface area contributed by atoms with Crippen LogP contribution in [0.1, 0.15) is 27.2 Å². The van der Waals surface area contributed by atoms with E-state index < -0.39 is 17.7 Å². The summed E-state index contributed by atoms with van der Waals surface area (Å²) in [6.45, 7) is 6.22. The zero-order valence-corrected chi connectivity index (χ0v) is 8.46. The molecule has 0 aliphatic carbocycles. The Kier molecular flexibility index (Phi) is 5.30. The van der Waals surface area contributed by atoms with Gasteiger partial charge >= 0.3 is 0 Å². The molecule has 0 radical (unpaired) electrons. The van der Waals surface area contributed by atoms with Gasteiger partial charge in [0.25, 0.3) is 5.91 Å². The van der Waals surface area contributed by atoms with Crippen LogP contribution >= 0.6 is 0 Å². The fraction of sp³-hybridized carbons (Fsp3) is 0.778. The highest BCUT2D eigenvalue weighted by Crippen LogP contribution is 1.91. The maximum Gasteiger partial charge on any atom is 0.289 e. The van der Waals surface area contributed by atoms with E-state index in [-0.39, 0.29) is 0 Å². The van der Waals surface area contributed by atoms with Gasteiger partial charge in [-0.15, -0.1) is 0 Å². The summed E-state index contributed by atoms with van der Waals surface area (Å²) in [5.74, 6) is -0.749. The summed E-state index contributed by atoms with van der Waals surface area (Å²) in [5, 5.41) is 2.53. The first-order valence-electron chi connectivity index (χ1n) is 4.56. The van der Waals surface area contributed by atoms with Gasteiger partial charge < -0.3 is 11.1 Å². The maximum absolute atomic E-state index is 11.1. The van der Waals surface area contributed by atoms with Gasteiger partial charge in [0.15, 0.2) is 0 Å². The van der Waals surface area contributed by atoms with Crippen LogP contribution in [0.4, 0.5) is 0 Å². The lowest BCUT2D eigenvalue weighted by Crippen LogP contribution is -2.43. The molecule has 0 aliphatic heterocycles. The van der Waals surface area contributed by atoms with Gasteiger partial charge in [0.1, 0.15) is 0 Å². The molecule has 0 heterocycles. The van der Waals surface area contributed by atoms with Gasteiger partial charge in [-0.1, -0.05) is 20.8 Å². The summed E-state index contributed by atoms with van der Waals surface area (Å²) in [5.41, 5.74) is 5.41. The first-order chi connectivity index (χ1) is 5.99. The molecular weight excluding hydrogens is 168 g/mol. The summed E-state index contributed by atoms with van der Waals surface area (Å²) < 4.78 is 0. The number of nitrogens with two attached hydrogens (primary N) is 1. The van der Waals surface area contributed by atoms with Crippen molar-refractivity contribution in [1.82, 2.24) is 5.32 Å². The Morgan fingerprint density at radius 2 is 1.92 bits per heavy atom. The van der Waals surface area contributed by atoms with Crippen molar-refractivity contribution in [3.63, 3.8) is 0 Å². The minimum atomic E-state index is -0.660. The standard InChI is InChI=1S/C9H18N2O2/c1-4-7(10)8(12)9(13)11-5-6(2)3/h6-7H,4-5,10H2,1-3H3,(H,11,13)/t7-/m0/s1. The van der Waals surface area contributed by atoms with Crippen LogP contribution in [0.15, 0.2) is 0 Å². The quantitative estimate of drug-likeness (QED) is 0.596. The number of nitrogens with one attached hydrogen (secondary N) is 1. The molecule has 1 atom stereocenters. The van der Waals surface area contributed by atoms with Crippen molar-refractivity contribution >= 4 is 11.7 Å². The summed E-state index contributed by atoms with van der Waals surface area (Å²) in [6, 6.07) is -0.660. The van der Waals surface area contributed by atoms with Crippen LogP contribution in [0, 0.1) is 5.92 Å². The van der Waals surface area contributed by atoms with Crippen LogP contribution in [0.5, 0.6) is 0 Å². The molecule has 1 amide bonds. The van der Waals surface area contributed by atoms with Gasteiger partial charge in [0.05, 0.1) is 6.04 Å². The molecule has 0 fully saturated rings. The van der Waals surface area contributed by atoms with Crippen molar-refractivity contribution in [2.24, 2.45) is 11.7 Å². The highest BCUT2D eigenvalue weighted by atomic mass is 16.2. The lowest BCUT2D eigenvalue weighted by molar-refractivity contribution is -0.138. The number of carbonyl (C=O) groups excluding carboxylic acids is 2. The zero-order valence-electron chi connectivity index (χ0n) is 8.46. The van der Waals surface area contributed by atoms with Gasteiger partial charge in [-0.25, -0.2) is 0 Å². The van der Waals surface area contributed by atoms with Crippen molar-refractivity contribution in [3.05, 3.63) is 0 Å². The Morgan fingerprint density at radius 1 is 1.38 bits per heavy atom. The lowest BCUT2D eigenvalue weighted by atomic mass is 10.1. The average molecular weight is 186 g/mol. The largest absolute Gasteiger partial charge is 0.349 e. The molecule has 76 valence electrons. The smallest absolute Gasteiger partial charge is 0.289 e. The molecule has 0 rings (SSSR count). The first kappa shape index (κ1) is 12.1. The second kappa shape index (κ2) is 5.70. The molecule has 4 nitrogen and oxygen atoms in total. The normalized spacial score (nSPS) is 12.7. The van der Waals surface area contributed by atoms with Crippen LogP contribution in [-0.2, 0) is 9.59 Å². The lowest BCUT2D eigenvalue weighted by Gasteiger charge is -2.09. The molecule has 13 heavy (non-hydrogen) atoms. The monoisotopic (exact) mass is 186 g/mol. The van der Waals surface area contributed by atoms with Crippen LogP contribution in [0.3, 0.4) is 0 Å². The number of amides is 1. The second-order valence-electron chi connectivity index (χ2n) is 3.48. The maximum atomic E-state index is 11.1. The van der Waals surface area contributed by atoms with Gasteiger partial charge in [0.2, 0.25) is 5.78 Å². The molecule has 0 aliphatic rings. The molecule has 0 aromatic carbocycles. The van der Waals surface area contributed by atoms with Crippen LogP contribution in [0.2, 0.25) is 0 Å². The molecule has 4 heteroatoms. The molecule has 0 saturated carbocycles. The van der Waals surface area contributed by atoms with Crippen molar-refractivity contribution < 1.29 is 9.59 Å². The second-order valence-corrected chi connectivity index (χ2v) is 3.48. The molecule has 0 aromatic heterocycles. The Labute approximate surface area is 78.9 Å². The third kappa shape index (κ3) is 4.62. The molecule has 0 bridgehead atoms. The fourth-order valence-electron chi connectivity index (χ4n) is 0.738. The number of rotatable bonds is 5. The van der Waals surface area contributed by atoms with E-state index in [2.05, 4.69) is 5.32 Å². The minimum absolute atomic E-state index is 0.342. The zero-order chi connectivity index (χ0) is 10.4. The van der Waals surface area contributed by atoms with E-state index in [9.17, 15) is 9.59 Å². The van der Waals surface area contributed by atoms with E-state index in [1.54, 1.807) is 6.92 Å². The van der Waals surface area contributed by atoms with Crippen LogP contribution in [0.25, 0.3) is 0 Å². The van der Waals surface area contributed by atoms with Gasteiger partial charge in [-0.05, 0) is 12.3 Å². The third-order valence-electron chi connectivity index (χ3n) is 1.67. The van der Waals surface area contributed by atoms with E-state index in [4.69, 9.17) is 5.73 Å². The van der Waals surface area contributed by atoms with Crippen LogP contribution in [-0.4, -0.2) is 24.3 Å². The predicted octanol–water partition coefficient (Wildman–Crippen LogP) is 0.0650. The van der Waals surface area contributed by atoms with Gasteiger partial charge in [-0.3, -0.25) is 9.59 Å². The predicted molar refractivity (Wildman–Crippen MR) is 51.1 cm³/mol. The minimum Gasteiger partial charge on any atom is -0.349 e. The molecular formula is C9H18N2O2. The van der Waals surface area contributed by atoms with Gasteiger partial charge in [0, 0.05) is 6.54 Å². The topological polar surface area (TPSA) is 72.2 Å². The van der Waals surface area contributed by atoms with Crippen molar-refractivity contribution in [2.75, 3.05) is 6.54 Å². The van der Waals surface area contributed by atoms with Crippen LogP contribution < -0.4 is 11.1 Å². The van der Waals surface area contributed by atoms with E-state index >= 15 is 0 Å². The summed E-state index contributed by atoms with van der Waals surface area (Å²) in [7, 11) is 0. The molecule has 0 saturated heterocycles. The SMILES string of the molecule is CC[C@H](N)C(=O)C(=O)NCC(C)C. The average Bonchev–Trinajstić information content (AvgIpc) is 2.11. The Morgan fingerprint density at radius 3 is 2.31 bits per heavy atom. The molecule has 0 spiro atoms. The van der Waals surface area contributed by atoms with E-state index in [1.165, 1.54) is 0 Å². The molecule has 0 unspecified atom stereocenters. The van der Waals surface area contributed by atoms with Crippen molar-refractivity contribution in [2.45, 2.75) is 33.2 Å². The summed E-state index contributed by atoms with van der Waals surface area (Å²) in [4.78, 5) is 22.3. The Hall–Kier alpha value is -0.900.